The van der Waals surface area contributed by atoms with E-state index in [1.54, 1.807) is 0 Å². The van der Waals surface area contributed by atoms with Crippen LogP contribution in [0.5, 0.6) is 0 Å². The van der Waals surface area contributed by atoms with Crippen molar-refractivity contribution in [3.05, 3.63) is 0 Å². The van der Waals surface area contributed by atoms with Gasteiger partial charge in [-0.15, -0.1) is 0 Å². The first-order valence-corrected chi connectivity index (χ1v) is 5.64. The van der Waals surface area contributed by atoms with Crippen LogP contribution in [0.1, 0.15) is 39.0 Å². The predicted molar refractivity (Wildman–Crippen MR) is 53.5 cm³/mol. The summed E-state index contributed by atoms with van der Waals surface area (Å²) in [4.78, 5) is 0. The Labute approximate surface area is 80.8 Å². The Hall–Kier alpha value is -0.0800. The maximum Gasteiger partial charge on any atom is 0.0578 e. The van der Waals surface area contributed by atoms with E-state index in [1.807, 2.05) is 0 Å². The van der Waals surface area contributed by atoms with Gasteiger partial charge < -0.3 is 10.5 Å². The Morgan fingerprint density at radius 1 is 1.31 bits per heavy atom. The van der Waals surface area contributed by atoms with Crippen molar-refractivity contribution < 1.29 is 4.74 Å². The Morgan fingerprint density at radius 2 is 2.15 bits per heavy atom. The average molecular weight is 183 g/mol. The van der Waals surface area contributed by atoms with Crippen molar-refractivity contribution in [2.45, 2.75) is 51.2 Å². The molecule has 0 spiro atoms. The molecule has 0 aromatic rings. The second-order valence-electron chi connectivity index (χ2n) is 4.73. The molecular formula is C11H21NO. The second-order valence-corrected chi connectivity index (χ2v) is 4.73. The Kier molecular flexibility index (Phi) is 2.89. The highest BCUT2D eigenvalue weighted by atomic mass is 16.5. The van der Waals surface area contributed by atoms with Gasteiger partial charge in [-0.2, -0.15) is 0 Å². The van der Waals surface area contributed by atoms with Crippen LogP contribution >= 0.6 is 0 Å². The van der Waals surface area contributed by atoms with Gasteiger partial charge >= 0.3 is 0 Å². The Bertz CT molecular complexity index is 165. The highest BCUT2D eigenvalue weighted by Crippen LogP contribution is 2.35. The highest BCUT2D eigenvalue weighted by molar-refractivity contribution is 4.86. The molecule has 1 saturated heterocycles. The van der Waals surface area contributed by atoms with Gasteiger partial charge in [-0.25, -0.2) is 0 Å². The van der Waals surface area contributed by atoms with E-state index < -0.39 is 0 Å². The van der Waals surface area contributed by atoms with Crippen molar-refractivity contribution >= 4 is 0 Å². The van der Waals surface area contributed by atoms with Crippen LogP contribution in [-0.4, -0.2) is 18.8 Å². The third-order valence-electron chi connectivity index (χ3n) is 3.88. The SMILES string of the molecule is CC1C(N)CCC1CC1CCCO1. The molecule has 2 N–H and O–H groups in total. The van der Waals surface area contributed by atoms with Crippen LogP contribution in [-0.2, 0) is 4.74 Å². The quantitative estimate of drug-likeness (QED) is 0.710. The zero-order valence-corrected chi connectivity index (χ0v) is 8.54. The fraction of sp³-hybridized carbons (Fsp3) is 1.00. The molecule has 13 heavy (non-hydrogen) atoms. The molecule has 2 heteroatoms. The zero-order chi connectivity index (χ0) is 9.26. The molecule has 1 aliphatic heterocycles. The maximum atomic E-state index is 6.00. The number of rotatable bonds is 2. The molecule has 0 amide bonds. The molecule has 4 atom stereocenters. The number of nitrogens with two attached hydrogens (primary N) is 1. The first-order valence-electron chi connectivity index (χ1n) is 5.64. The summed E-state index contributed by atoms with van der Waals surface area (Å²) in [6.45, 7) is 3.29. The van der Waals surface area contributed by atoms with Gasteiger partial charge in [0.25, 0.3) is 0 Å². The highest BCUT2D eigenvalue weighted by Gasteiger charge is 2.32. The summed E-state index contributed by atoms with van der Waals surface area (Å²) in [7, 11) is 0. The van der Waals surface area contributed by atoms with E-state index in [4.69, 9.17) is 10.5 Å². The normalized spacial score (nSPS) is 45.7. The lowest BCUT2D eigenvalue weighted by atomic mass is 9.90. The molecule has 2 rings (SSSR count). The van der Waals surface area contributed by atoms with Crippen LogP contribution in [0.4, 0.5) is 0 Å². The summed E-state index contributed by atoms with van der Waals surface area (Å²) in [6, 6.07) is 0.450. The first kappa shape index (κ1) is 9.47. The van der Waals surface area contributed by atoms with Gasteiger partial charge in [0.1, 0.15) is 0 Å². The molecule has 2 fully saturated rings. The van der Waals surface area contributed by atoms with E-state index in [0.29, 0.717) is 18.1 Å². The third kappa shape index (κ3) is 2.05. The van der Waals surface area contributed by atoms with Crippen LogP contribution in [0.15, 0.2) is 0 Å². The summed E-state index contributed by atoms with van der Waals surface area (Å²) >= 11 is 0. The van der Waals surface area contributed by atoms with Crippen molar-refractivity contribution in [3.8, 4) is 0 Å². The van der Waals surface area contributed by atoms with E-state index in [0.717, 1.165) is 12.5 Å². The van der Waals surface area contributed by atoms with E-state index >= 15 is 0 Å². The molecular weight excluding hydrogens is 162 g/mol. The average Bonchev–Trinajstić information content (AvgIpc) is 2.71. The zero-order valence-electron chi connectivity index (χ0n) is 8.54. The molecule has 1 heterocycles. The third-order valence-corrected chi connectivity index (χ3v) is 3.88. The van der Waals surface area contributed by atoms with Crippen molar-refractivity contribution in [1.82, 2.24) is 0 Å². The topological polar surface area (TPSA) is 35.2 Å². The molecule has 2 nitrogen and oxygen atoms in total. The lowest BCUT2D eigenvalue weighted by Crippen LogP contribution is -2.26. The van der Waals surface area contributed by atoms with Crippen molar-refractivity contribution in [2.75, 3.05) is 6.61 Å². The summed E-state index contributed by atoms with van der Waals surface area (Å²) in [5, 5.41) is 0. The molecule has 0 bridgehead atoms. The van der Waals surface area contributed by atoms with E-state index in [9.17, 15) is 0 Å². The fourth-order valence-corrected chi connectivity index (χ4v) is 2.78. The predicted octanol–water partition coefficient (Wildman–Crippen LogP) is 1.93. The van der Waals surface area contributed by atoms with Crippen LogP contribution in [0.25, 0.3) is 0 Å². The first-order chi connectivity index (χ1) is 6.27. The van der Waals surface area contributed by atoms with Crippen LogP contribution in [0.3, 0.4) is 0 Å². The Balaban J connectivity index is 1.81. The molecule has 1 aliphatic carbocycles. The summed E-state index contributed by atoms with van der Waals surface area (Å²) < 4.78 is 5.66. The number of hydrogen-bond donors (Lipinski definition) is 1. The van der Waals surface area contributed by atoms with E-state index in [-0.39, 0.29) is 0 Å². The maximum absolute atomic E-state index is 6.00. The van der Waals surface area contributed by atoms with Gasteiger partial charge in [0.15, 0.2) is 0 Å². The molecule has 0 radical (unpaired) electrons. The molecule has 0 aromatic heterocycles. The second kappa shape index (κ2) is 3.97. The standard InChI is InChI=1S/C11H21NO/c1-8-9(4-5-11(8)12)7-10-3-2-6-13-10/h8-11H,2-7,12H2,1H3. The fourth-order valence-electron chi connectivity index (χ4n) is 2.78. The lowest BCUT2D eigenvalue weighted by molar-refractivity contribution is 0.0840. The minimum absolute atomic E-state index is 0.450. The van der Waals surface area contributed by atoms with Crippen LogP contribution in [0.2, 0.25) is 0 Å². The lowest BCUT2D eigenvalue weighted by Gasteiger charge is -2.20. The van der Waals surface area contributed by atoms with E-state index in [1.165, 1.54) is 32.1 Å². The smallest absolute Gasteiger partial charge is 0.0578 e. The monoisotopic (exact) mass is 183 g/mol. The molecule has 76 valence electrons. The Morgan fingerprint density at radius 3 is 2.69 bits per heavy atom. The molecule has 0 aromatic carbocycles. The number of hydrogen-bond acceptors (Lipinski definition) is 2. The van der Waals surface area contributed by atoms with Crippen molar-refractivity contribution in [2.24, 2.45) is 17.6 Å². The van der Waals surface area contributed by atoms with Gasteiger partial charge in [-0.1, -0.05) is 6.92 Å². The van der Waals surface area contributed by atoms with Gasteiger partial charge in [0, 0.05) is 12.6 Å². The van der Waals surface area contributed by atoms with Gasteiger partial charge in [-0.05, 0) is 43.9 Å². The molecule has 2 aliphatic rings. The van der Waals surface area contributed by atoms with Gasteiger partial charge in [0.05, 0.1) is 6.10 Å². The van der Waals surface area contributed by atoms with Gasteiger partial charge in [0.2, 0.25) is 0 Å². The minimum Gasteiger partial charge on any atom is -0.378 e. The molecule has 1 saturated carbocycles. The van der Waals surface area contributed by atoms with Crippen molar-refractivity contribution in [1.29, 1.82) is 0 Å². The number of ether oxygens (including phenoxy) is 1. The molecule has 4 unspecified atom stereocenters. The van der Waals surface area contributed by atoms with Gasteiger partial charge in [-0.3, -0.25) is 0 Å². The minimum atomic E-state index is 0.450. The summed E-state index contributed by atoms with van der Waals surface area (Å²) in [5.74, 6) is 1.54. The van der Waals surface area contributed by atoms with Crippen LogP contribution < -0.4 is 5.73 Å². The summed E-state index contributed by atoms with van der Waals surface area (Å²) in [5.41, 5.74) is 6.00. The van der Waals surface area contributed by atoms with Crippen molar-refractivity contribution in [3.63, 3.8) is 0 Å². The van der Waals surface area contributed by atoms with E-state index in [2.05, 4.69) is 6.92 Å². The largest absolute Gasteiger partial charge is 0.378 e. The van der Waals surface area contributed by atoms with Crippen LogP contribution in [0, 0.1) is 11.8 Å². The summed E-state index contributed by atoms with van der Waals surface area (Å²) in [6.07, 6.45) is 6.89.